The smallest absolute Gasteiger partial charge is 0.122 e. The van der Waals surface area contributed by atoms with Crippen LogP contribution in [0.5, 0.6) is 5.75 Å². The van der Waals surface area contributed by atoms with Crippen molar-refractivity contribution in [2.45, 2.75) is 6.42 Å². The molecule has 1 rings (SSSR count). The van der Waals surface area contributed by atoms with Crippen molar-refractivity contribution < 1.29 is 4.74 Å². The van der Waals surface area contributed by atoms with Gasteiger partial charge in [-0.25, -0.2) is 0 Å². The fourth-order valence-electron chi connectivity index (χ4n) is 1.36. The zero-order valence-electron chi connectivity index (χ0n) is 8.92. The summed E-state index contributed by atoms with van der Waals surface area (Å²) in [6, 6.07) is 8.01. The molecule has 1 aromatic rings. The summed E-state index contributed by atoms with van der Waals surface area (Å²) in [4.78, 5) is 0. The van der Waals surface area contributed by atoms with E-state index in [1.165, 1.54) is 5.56 Å². The Morgan fingerprint density at radius 1 is 1.47 bits per heavy atom. The van der Waals surface area contributed by atoms with Gasteiger partial charge in [0.1, 0.15) is 5.75 Å². The first-order valence-electron chi connectivity index (χ1n) is 4.90. The predicted octanol–water partition coefficient (Wildman–Crippen LogP) is 2.58. The van der Waals surface area contributed by atoms with Crippen LogP contribution in [-0.2, 0) is 6.42 Å². The summed E-state index contributed by atoms with van der Waals surface area (Å²) in [5.41, 5.74) is 1.20. The summed E-state index contributed by atoms with van der Waals surface area (Å²) >= 11 is 5.64. The molecular weight excluding hydrogens is 210 g/mol. The van der Waals surface area contributed by atoms with Crippen molar-refractivity contribution in [3.05, 3.63) is 41.4 Å². The fraction of sp³-hybridized carbons (Fsp3) is 0.333. The Morgan fingerprint density at radius 2 is 2.20 bits per heavy atom. The van der Waals surface area contributed by atoms with E-state index in [1.807, 2.05) is 18.2 Å². The molecule has 0 saturated heterocycles. The Balaban J connectivity index is 2.39. The van der Waals surface area contributed by atoms with Crippen LogP contribution in [0, 0.1) is 0 Å². The number of ether oxygens (including phenoxy) is 1. The average molecular weight is 226 g/mol. The number of rotatable bonds is 6. The maximum absolute atomic E-state index is 5.64. The highest BCUT2D eigenvalue weighted by Crippen LogP contribution is 2.17. The molecule has 0 aliphatic carbocycles. The molecule has 0 atom stereocenters. The molecule has 0 radical (unpaired) electrons. The van der Waals surface area contributed by atoms with Crippen LogP contribution in [0.25, 0.3) is 0 Å². The van der Waals surface area contributed by atoms with Crippen LogP contribution >= 0.6 is 11.6 Å². The number of para-hydroxylation sites is 1. The lowest BCUT2D eigenvalue weighted by Crippen LogP contribution is -2.18. The maximum atomic E-state index is 5.64. The van der Waals surface area contributed by atoms with E-state index in [4.69, 9.17) is 16.3 Å². The SMILES string of the molecule is C=C(Cl)CNCCc1ccccc1OC. The van der Waals surface area contributed by atoms with Gasteiger partial charge in [0, 0.05) is 11.6 Å². The van der Waals surface area contributed by atoms with E-state index in [0.29, 0.717) is 11.6 Å². The van der Waals surface area contributed by atoms with E-state index in [2.05, 4.69) is 18.0 Å². The van der Waals surface area contributed by atoms with Gasteiger partial charge in [0.05, 0.1) is 7.11 Å². The average Bonchev–Trinajstić information content (AvgIpc) is 2.24. The van der Waals surface area contributed by atoms with Crippen LogP contribution in [-0.4, -0.2) is 20.2 Å². The van der Waals surface area contributed by atoms with Gasteiger partial charge in [-0.05, 0) is 24.6 Å². The largest absolute Gasteiger partial charge is 0.496 e. The monoisotopic (exact) mass is 225 g/mol. The highest BCUT2D eigenvalue weighted by molar-refractivity contribution is 6.29. The van der Waals surface area contributed by atoms with Crippen LogP contribution in [0.1, 0.15) is 5.56 Å². The molecular formula is C12H16ClNO. The van der Waals surface area contributed by atoms with E-state index in [-0.39, 0.29) is 0 Å². The molecule has 0 bridgehead atoms. The first kappa shape index (κ1) is 12.1. The fourth-order valence-corrected chi connectivity index (χ4v) is 1.45. The molecule has 0 unspecified atom stereocenters. The summed E-state index contributed by atoms with van der Waals surface area (Å²) in [6.45, 7) is 5.13. The minimum Gasteiger partial charge on any atom is -0.496 e. The van der Waals surface area contributed by atoms with Crippen LogP contribution in [0.15, 0.2) is 35.9 Å². The quantitative estimate of drug-likeness (QED) is 0.752. The molecule has 0 aliphatic heterocycles. The molecule has 0 amide bonds. The minimum atomic E-state index is 0.634. The van der Waals surface area contributed by atoms with Crippen molar-refractivity contribution >= 4 is 11.6 Å². The molecule has 0 spiro atoms. The summed E-state index contributed by atoms with van der Waals surface area (Å²) in [5.74, 6) is 0.934. The molecule has 0 saturated carbocycles. The molecule has 15 heavy (non-hydrogen) atoms. The second-order valence-corrected chi connectivity index (χ2v) is 3.79. The lowest BCUT2D eigenvalue weighted by molar-refractivity contribution is 0.409. The second-order valence-electron chi connectivity index (χ2n) is 3.26. The third-order valence-electron chi connectivity index (χ3n) is 2.08. The van der Waals surface area contributed by atoms with Crippen LogP contribution in [0.3, 0.4) is 0 Å². The molecule has 82 valence electrons. The first-order valence-corrected chi connectivity index (χ1v) is 5.27. The van der Waals surface area contributed by atoms with Gasteiger partial charge in [-0.15, -0.1) is 0 Å². The number of nitrogens with one attached hydrogen (secondary N) is 1. The van der Waals surface area contributed by atoms with E-state index >= 15 is 0 Å². The summed E-state index contributed by atoms with van der Waals surface area (Å²) in [7, 11) is 1.69. The summed E-state index contributed by atoms with van der Waals surface area (Å²) < 4.78 is 5.25. The van der Waals surface area contributed by atoms with Gasteiger partial charge in [-0.2, -0.15) is 0 Å². The van der Waals surface area contributed by atoms with Crippen molar-refractivity contribution in [1.82, 2.24) is 5.32 Å². The van der Waals surface area contributed by atoms with Crippen LogP contribution in [0.2, 0.25) is 0 Å². The maximum Gasteiger partial charge on any atom is 0.122 e. The summed E-state index contributed by atoms with van der Waals surface area (Å²) in [6.07, 6.45) is 0.925. The second kappa shape index (κ2) is 6.49. The topological polar surface area (TPSA) is 21.3 Å². The van der Waals surface area contributed by atoms with Crippen molar-refractivity contribution in [3.63, 3.8) is 0 Å². The molecule has 0 aromatic heterocycles. The lowest BCUT2D eigenvalue weighted by Gasteiger charge is -2.08. The Morgan fingerprint density at radius 3 is 2.87 bits per heavy atom. The Bertz CT molecular complexity index is 325. The summed E-state index contributed by atoms with van der Waals surface area (Å²) in [5, 5.41) is 3.83. The molecule has 0 aliphatic rings. The van der Waals surface area contributed by atoms with Gasteiger partial charge in [-0.1, -0.05) is 36.4 Å². The number of hydrogen-bond acceptors (Lipinski definition) is 2. The zero-order valence-corrected chi connectivity index (χ0v) is 9.68. The molecule has 1 aromatic carbocycles. The third-order valence-corrected chi connectivity index (χ3v) is 2.21. The number of hydrogen-bond donors (Lipinski definition) is 1. The highest BCUT2D eigenvalue weighted by atomic mass is 35.5. The van der Waals surface area contributed by atoms with E-state index in [9.17, 15) is 0 Å². The minimum absolute atomic E-state index is 0.634. The predicted molar refractivity (Wildman–Crippen MR) is 64.6 cm³/mol. The zero-order chi connectivity index (χ0) is 11.1. The molecule has 2 nitrogen and oxygen atoms in total. The van der Waals surface area contributed by atoms with Crippen molar-refractivity contribution in [1.29, 1.82) is 0 Å². The van der Waals surface area contributed by atoms with E-state index < -0.39 is 0 Å². The molecule has 0 heterocycles. The van der Waals surface area contributed by atoms with E-state index in [0.717, 1.165) is 18.7 Å². The van der Waals surface area contributed by atoms with Gasteiger partial charge in [0.15, 0.2) is 0 Å². The molecule has 3 heteroatoms. The van der Waals surface area contributed by atoms with Crippen molar-refractivity contribution in [2.24, 2.45) is 0 Å². The normalized spacial score (nSPS) is 10.0. The Hall–Kier alpha value is -0.990. The van der Waals surface area contributed by atoms with E-state index in [1.54, 1.807) is 7.11 Å². The van der Waals surface area contributed by atoms with Gasteiger partial charge in [0.2, 0.25) is 0 Å². The highest BCUT2D eigenvalue weighted by Gasteiger charge is 2.00. The van der Waals surface area contributed by atoms with Gasteiger partial charge in [-0.3, -0.25) is 0 Å². The van der Waals surface area contributed by atoms with Crippen molar-refractivity contribution in [3.8, 4) is 5.75 Å². The van der Waals surface area contributed by atoms with Gasteiger partial charge >= 0.3 is 0 Å². The van der Waals surface area contributed by atoms with Crippen LogP contribution in [0.4, 0.5) is 0 Å². The lowest BCUT2D eigenvalue weighted by atomic mass is 10.1. The molecule has 0 fully saturated rings. The standard InChI is InChI=1S/C12H16ClNO/c1-10(13)9-14-8-7-11-5-3-4-6-12(11)15-2/h3-6,14H,1,7-9H2,2H3. The van der Waals surface area contributed by atoms with Crippen LogP contribution < -0.4 is 10.1 Å². The first-order chi connectivity index (χ1) is 7.24. The van der Waals surface area contributed by atoms with Gasteiger partial charge < -0.3 is 10.1 Å². The number of halogens is 1. The number of benzene rings is 1. The molecule has 1 N–H and O–H groups in total. The number of methoxy groups -OCH3 is 1. The third kappa shape index (κ3) is 4.36. The van der Waals surface area contributed by atoms with Gasteiger partial charge in [0.25, 0.3) is 0 Å². The Kier molecular flexibility index (Phi) is 5.22. The Labute approximate surface area is 95.9 Å². The van der Waals surface area contributed by atoms with Crippen molar-refractivity contribution in [2.75, 3.05) is 20.2 Å².